The zero-order valence-electron chi connectivity index (χ0n) is 9.54. The quantitative estimate of drug-likeness (QED) is 0.831. The summed E-state index contributed by atoms with van der Waals surface area (Å²) in [6, 6.07) is 2.24. The second kappa shape index (κ2) is 4.67. The molecule has 2 unspecified atom stereocenters. The molecule has 84 valence electrons. The monoisotopic (exact) mass is 223 g/mol. The summed E-state index contributed by atoms with van der Waals surface area (Å²) in [5, 5.41) is 4.43. The van der Waals surface area contributed by atoms with Gasteiger partial charge in [0.15, 0.2) is 0 Å². The van der Waals surface area contributed by atoms with Crippen LogP contribution in [0.1, 0.15) is 38.2 Å². The fourth-order valence-electron chi connectivity index (χ4n) is 2.85. The molecule has 15 heavy (non-hydrogen) atoms. The molecule has 1 heterocycles. The Morgan fingerprint density at radius 1 is 1.60 bits per heavy atom. The average molecular weight is 223 g/mol. The summed E-state index contributed by atoms with van der Waals surface area (Å²) in [7, 11) is 0. The fraction of sp³-hybridized carbons (Fsp3) is 0.692. The number of nitrogens with two attached hydrogens (primary N) is 1. The van der Waals surface area contributed by atoms with E-state index < -0.39 is 0 Å². The van der Waals surface area contributed by atoms with Gasteiger partial charge in [0.2, 0.25) is 0 Å². The van der Waals surface area contributed by atoms with E-state index in [2.05, 4.69) is 23.8 Å². The van der Waals surface area contributed by atoms with Gasteiger partial charge in [-0.3, -0.25) is 0 Å². The third-order valence-corrected chi connectivity index (χ3v) is 4.64. The molecule has 1 aliphatic carbocycles. The lowest BCUT2D eigenvalue weighted by atomic mass is 9.80. The van der Waals surface area contributed by atoms with E-state index in [1.54, 1.807) is 11.3 Å². The summed E-state index contributed by atoms with van der Waals surface area (Å²) in [6.45, 7) is 3.24. The molecule has 0 saturated heterocycles. The van der Waals surface area contributed by atoms with Crippen LogP contribution in [0, 0.1) is 11.3 Å². The van der Waals surface area contributed by atoms with Crippen LogP contribution in [0.15, 0.2) is 16.8 Å². The highest BCUT2D eigenvalue weighted by molar-refractivity contribution is 7.07. The molecule has 2 atom stereocenters. The van der Waals surface area contributed by atoms with E-state index in [1.165, 1.54) is 37.7 Å². The van der Waals surface area contributed by atoms with Crippen molar-refractivity contribution in [3.05, 3.63) is 22.4 Å². The second-order valence-electron chi connectivity index (χ2n) is 5.18. The van der Waals surface area contributed by atoms with Crippen LogP contribution in [0.5, 0.6) is 0 Å². The van der Waals surface area contributed by atoms with E-state index in [1.807, 2.05) is 0 Å². The Balaban J connectivity index is 1.91. The first-order chi connectivity index (χ1) is 7.24. The third-order valence-electron chi connectivity index (χ3n) is 3.91. The van der Waals surface area contributed by atoms with Gasteiger partial charge in [-0.25, -0.2) is 0 Å². The van der Waals surface area contributed by atoms with E-state index in [0.29, 0.717) is 5.41 Å². The maximum Gasteiger partial charge on any atom is -0.00203 e. The zero-order chi connectivity index (χ0) is 10.7. The Morgan fingerprint density at radius 2 is 2.47 bits per heavy atom. The smallest absolute Gasteiger partial charge is 0.00203 e. The molecule has 2 heteroatoms. The summed E-state index contributed by atoms with van der Waals surface area (Å²) in [5.41, 5.74) is 7.93. The van der Waals surface area contributed by atoms with Crippen molar-refractivity contribution < 1.29 is 0 Å². The Morgan fingerprint density at radius 3 is 3.00 bits per heavy atom. The zero-order valence-corrected chi connectivity index (χ0v) is 10.4. The molecule has 1 aromatic heterocycles. The lowest BCUT2D eigenvalue weighted by Crippen LogP contribution is -2.28. The highest BCUT2D eigenvalue weighted by atomic mass is 32.1. The largest absolute Gasteiger partial charge is 0.330 e. The molecule has 1 aliphatic rings. The van der Waals surface area contributed by atoms with Gasteiger partial charge in [-0.2, -0.15) is 11.3 Å². The topological polar surface area (TPSA) is 26.0 Å². The van der Waals surface area contributed by atoms with Crippen LogP contribution in [-0.4, -0.2) is 6.54 Å². The van der Waals surface area contributed by atoms with E-state index >= 15 is 0 Å². The maximum atomic E-state index is 5.97. The Hall–Kier alpha value is -0.340. The number of hydrogen-bond acceptors (Lipinski definition) is 2. The molecule has 2 N–H and O–H groups in total. The SMILES string of the molecule is CC1CCC(CN)(CCc2ccsc2)C1. The molecule has 0 radical (unpaired) electrons. The normalized spacial score (nSPS) is 30.9. The van der Waals surface area contributed by atoms with Gasteiger partial charge < -0.3 is 5.73 Å². The highest BCUT2D eigenvalue weighted by Crippen LogP contribution is 2.44. The molecule has 2 rings (SSSR count). The standard InChI is InChI=1S/C13H21NS/c1-11-2-5-13(8-11,10-14)6-3-12-4-7-15-9-12/h4,7,9,11H,2-3,5-6,8,10,14H2,1H3. The molecule has 1 aromatic rings. The summed E-state index contributed by atoms with van der Waals surface area (Å²) < 4.78 is 0. The maximum absolute atomic E-state index is 5.97. The first-order valence-corrected chi connectivity index (χ1v) is 6.89. The van der Waals surface area contributed by atoms with Crippen molar-refractivity contribution in [1.29, 1.82) is 0 Å². The Kier molecular flexibility index (Phi) is 3.47. The highest BCUT2D eigenvalue weighted by Gasteiger charge is 2.35. The molecule has 0 spiro atoms. The van der Waals surface area contributed by atoms with Crippen molar-refractivity contribution in [1.82, 2.24) is 0 Å². The van der Waals surface area contributed by atoms with Gasteiger partial charge in [0.25, 0.3) is 0 Å². The fourth-order valence-corrected chi connectivity index (χ4v) is 3.56. The van der Waals surface area contributed by atoms with E-state index in [-0.39, 0.29) is 0 Å². The van der Waals surface area contributed by atoms with Gasteiger partial charge in [0, 0.05) is 0 Å². The van der Waals surface area contributed by atoms with Crippen molar-refractivity contribution in [3.8, 4) is 0 Å². The van der Waals surface area contributed by atoms with Gasteiger partial charge >= 0.3 is 0 Å². The predicted octanol–water partition coefficient (Wildman–Crippen LogP) is 3.45. The van der Waals surface area contributed by atoms with Gasteiger partial charge in [0.1, 0.15) is 0 Å². The van der Waals surface area contributed by atoms with Crippen LogP contribution >= 0.6 is 11.3 Å². The number of rotatable bonds is 4. The molecule has 0 amide bonds. The molecular weight excluding hydrogens is 202 g/mol. The second-order valence-corrected chi connectivity index (χ2v) is 5.96. The van der Waals surface area contributed by atoms with Crippen LogP contribution in [0.3, 0.4) is 0 Å². The van der Waals surface area contributed by atoms with E-state index in [9.17, 15) is 0 Å². The van der Waals surface area contributed by atoms with E-state index in [0.717, 1.165) is 12.5 Å². The van der Waals surface area contributed by atoms with Crippen LogP contribution < -0.4 is 5.73 Å². The van der Waals surface area contributed by atoms with E-state index in [4.69, 9.17) is 5.73 Å². The van der Waals surface area contributed by atoms with Gasteiger partial charge in [-0.15, -0.1) is 0 Å². The van der Waals surface area contributed by atoms with Gasteiger partial charge in [-0.1, -0.05) is 13.3 Å². The Bertz CT molecular complexity index is 293. The van der Waals surface area contributed by atoms with Crippen molar-refractivity contribution in [2.45, 2.75) is 39.0 Å². The number of hydrogen-bond donors (Lipinski definition) is 1. The Labute approximate surface area is 96.7 Å². The molecule has 0 aromatic carbocycles. The summed E-state index contributed by atoms with van der Waals surface area (Å²) in [4.78, 5) is 0. The third kappa shape index (κ3) is 2.61. The number of thiophene rings is 1. The predicted molar refractivity (Wildman–Crippen MR) is 67.1 cm³/mol. The molecule has 0 bridgehead atoms. The summed E-state index contributed by atoms with van der Waals surface area (Å²) >= 11 is 1.80. The minimum atomic E-state index is 0.460. The van der Waals surface area contributed by atoms with Crippen molar-refractivity contribution in [2.75, 3.05) is 6.54 Å². The lowest BCUT2D eigenvalue weighted by Gasteiger charge is -2.27. The summed E-state index contributed by atoms with van der Waals surface area (Å²) in [5.74, 6) is 0.885. The molecule has 1 saturated carbocycles. The molecule has 0 aliphatic heterocycles. The molecule has 1 fully saturated rings. The minimum Gasteiger partial charge on any atom is -0.330 e. The van der Waals surface area contributed by atoms with Crippen molar-refractivity contribution in [2.24, 2.45) is 17.1 Å². The van der Waals surface area contributed by atoms with Crippen LogP contribution in [-0.2, 0) is 6.42 Å². The molecular formula is C13H21NS. The lowest BCUT2D eigenvalue weighted by molar-refractivity contribution is 0.273. The number of aryl methyl sites for hydroxylation is 1. The van der Waals surface area contributed by atoms with Crippen LogP contribution in [0.25, 0.3) is 0 Å². The van der Waals surface area contributed by atoms with Gasteiger partial charge in [0.05, 0.1) is 0 Å². The minimum absolute atomic E-state index is 0.460. The van der Waals surface area contributed by atoms with Crippen molar-refractivity contribution >= 4 is 11.3 Å². The van der Waals surface area contributed by atoms with Crippen LogP contribution in [0.2, 0.25) is 0 Å². The summed E-state index contributed by atoms with van der Waals surface area (Å²) in [6.07, 6.45) is 6.56. The first-order valence-electron chi connectivity index (χ1n) is 5.95. The van der Waals surface area contributed by atoms with Crippen molar-refractivity contribution in [3.63, 3.8) is 0 Å². The van der Waals surface area contributed by atoms with Gasteiger partial charge in [-0.05, 0) is 66.0 Å². The molecule has 1 nitrogen and oxygen atoms in total. The average Bonchev–Trinajstić information content (AvgIpc) is 2.85. The van der Waals surface area contributed by atoms with Crippen LogP contribution in [0.4, 0.5) is 0 Å². The first kappa shape index (κ1) is 11.2.